The molecule has 4 aliphatic carbocycles. The first-order valence-electron chi connectivity index (χ1n) is 8.44. The van der Waals surface area contributed by atoms with Crippen molar-refractivity contribution in [3.8, 4) is 0 Å². The SMILES string of the molecule is Cc1cc(C)nc(NNC(=O)C23C[C@H]4C[C@@H](CC(Cl)(C4)C2)C3)n1. The molecule has 0 saturated heterocycles. The molecule has 1 aromatic rings. The van der Waals surface area contributed by atoms with Crippen LogP contribution in [0.25, 0.3) is 0 Å². The minimum Gasteiger partial charge on any atom is -0.273 e. The first-order valence-corrected chi connectivity index (χ1v) is 8.81. The van der Waals surface area contributed by atoms with E-state index >= 15 is 0 Å². The zero-order valence-electron chi connectivity index (χ0n) is 13.7. The molecule has 6 heteroatoms. The van der Waals surface area contributed by atoms with E-state index in [4.69, 9.17) is 11.6 Å². The first kappa shape index (κ1) is 15.2. The Labute approximate surface area is 141 Å². The summed E-state index contributed by atoms with van der Waals surface area (Å²) >= 11 is 6.80. The van der Waals surface area contributed by atoms with Gasteiger partial charge in [-0.2, -0.15) is 0 Å². The normalized spacial score (nSPS) is 37.7. The second kappa shape index (κ2) is 5.07. The van der Waals surface area contributed by atoms with Gasteiger partial charge in [-0.1, -0.05) is 0 Å². The Morgan fingerprint density at radius 2 is 1.78 bits per heavy atom. The highest BCUT2D eigenvalue weighted by atomic mass is 35.5. The van der Waals surface area contributed by atoms with Gasteiger partial charge in [0.25, 0.3) is 0 Å². The van der Waals surface area contributed by atoms with E-state index in [1.54, 1.807) is 0 Å². The van der Waals surface area contributed by atoms with Crippen LogP contribution in [0.2, 0.25) is 0 Å². The fourth-order valence-electron chi connectivity index (χ4n) is 5.44. The summed E-state index contributed by atoms with van der Waals surface area (Å²) < 4.78 is 0. The molecule has 0 unspecified atom stereocenters. The average Bonchev–Trinajstić information content (AvgIpc) is 2.41. The lowest BCUT2D eigenvalue weighted by atomic mass is 9.49. The molecule has 1 amide bonds. The lowest BCUT2D eigenvalue weighted by Crippen LogP contribution is -2.59. The van der Waals surface area contributed by atoms with Crippen molar-refractivity contribution >= 4 is 23.5 Å². The molecule has 0 aromatic carbocycles. The fourth-order valence-corrected chi connectivity index (χ4v) is 6.14. The topological polar surface area (TPSA) is 66.9 Å². The molecule has 1 aromatic heterocycles. The smallest absolute Gasteiger partial charge is 0.244 e. The molecular weight excluding hydrogens is 312 g/mol. The third-order valence-electron chi connectivity index (χ3n) is 5.74. The van der Waals surface area contributed by atoms with Crippen molar-refractivity contribution in [3.63, 3.8) is 0 Å². The molecule has 4 bridgehead atoms. The van der Waals surface area contributed by atoms with Crippen molar-refractivity contribution in [1.82, 2.24) is 15.4 Å². The van der Waals surface area contributed by atoms with E-state index in [1.807, 2.05) is 19.9 Å². The summed E-state index contributed by atoms with van der Waals surface area (Å²) in [6.45, 7) is 3.83. The summed E-state index contributed by atoms with van der Waals surface area (Å²) in [5, 5.41) is 0. The number of anilines is 1. The van der Waals surface area contributed by atoms with Crippen LogP contribution in [-0.2, 0) is 4.79 Å². The molecule has 2 atom stereocenters. The van der Waals surface area contributed by atoms with Gasteiger partial charge in [-0.25, -0.2) is 9.97 Å². The number of nitrogens with one attached hydrogen (secondary N) is 2. The molecule has 4 aliphatic rings. The summed E-state index contributed by atoms with van der Waals surface area (Å²) in [7, 11) is 0. The molecule has 4 fully saturated rings. The molecule has 1 heterocycles. The fraction of sp³-hybridized carbons (Fsp3) is 0.706. The second-order valence-corrected chi connectivity index (χ2v) is 8.75. The number of hydrogen-bond donors (Lipinski definition) is 2. The van der Waals surface area contributed by atoms with Gasteiger partial charge in [0, 0.05) is 16.3 Å². The molecule has 23 heavy (non-hydrogen) atoms. The van der Waals surface area contributed by atoms with Crippen molar-refractivity contribution < 1.29 is 4.79 Å². The highest BCUT2D eigenvalue weighted by molar-refractivity contribution is 6.24. The Morgan fingerprint density at radius 1 is 1.17 bits per heavy atom. The van der Waals surface area contributed by atoms with Crippen LogP contribution in [0.5, 0.6) is 0 Å². The Balaban J connectivity index is 1.49. The van der Waals surface area contributed by atoms with Gasteiger partial charge < -0.3 is 0 Å². The Morgan fingerprint density at radius 3 is 2.35 bits per heavy atom. The molecule has 0 aliphatic heterocycles. The minimum atomic E-state index is -0.308. The highest BCUT2D eigenvalue weighted by Gasteiger charge is 2.60. The molecule has 0 radical (unpaired) electrons. The van der Waals surface area contributed by atoms with Crippen molar-refractivity contribution in [1.29, 1.82) is 0 Å². The van der Waals surface area contributed by atoms with Crippen LogP contribution in [0.4, 0.5) is 5.95 Å². The van der Waals surface area contributed by atoms with Gasteiger partial charge in [0.05, 0.1) is 5.41 Å². The maximum absolute atomic E-state index is 12.9. The van der Waals surface area contributed by atoms with E-state index in [0.717, 1.165) is 43.5 Å². The zero-order chi connectivity index (χ0) is 16.2. The van der Waals surface area contributed by atoms with Gasteiger partial charge in [-0.3, -0.25) is 15.6 Å². The Bertz CT molecular complexity index is 628. The summed E-state index contributed by atoms with van der Waals surface area (Å²) in [5.41, 5.74) is 7.20. The summed E-state index contributed by atoms with van der Waals surface area (Å²) in [6.07, 6.45) is 6.15. The number of hydrazine groups is 1. The lowest BCUT2D eigenvalue weighted by Gasteiger charge is -2.59. The predicted molar refractivity (Wildman–Crippen MR) is 89.0 cm³/mol. The van der Waals surface area contributed by atoms with Crippen LogP contribution in [0, 0.1) is 31.1 Å². The number of nitrogens with zero attached hydrogens (tertiary/aromatic N) is 2. The third-order valence-corrected chi connectivity index (χ3v) is 6.18. The van der Waals surface area contributed by atoms with Gasteiger partial charge in [-0.15, -0.1) is 11.6 Å². The monoisotopic (exact) mass is 334 g/mol. The number of halogens is 1. The van der Waals surface area contributed by atoms with Crippen LogP contribution in [0.1, 0.15) is 49.9 Å². The van der Waals surface area contributed by atoms with E-state index in [2.05, 4.69) is 20.8 Å². The molecule has 4 saturated carbocycles. The van der Waals surface area contributed by atoms with Crippen LogP contribution < -0.4 is 10.9 Å². The molecule has 5 nitrogen and oxygen atoms in total. The molecule has 124 valence electrons. The highest BCUT2D eigenvalue weighted by Crippen LogP contribution is 2.63. The molecular formula is C17H23ClN4O. The van der Waals surface area contributed by atoms with E-state index in [1.165, 1.54) is 6.42 Å². The number of alkyl halides is 1. The number of carbonyl (C=O) groups excluding carboxylic acids is 1. The van der Waals surface area contributed by atoms with E-state index in [9.17, 15) is 4.79 Å². The third kappa shape index (κ3) is 2.69. The van der Waals surface area contributed by atoms with Crippen molar-refractivity contribution in [2.24, 2.45) is 17.3 Å². The molecule has 0 spiro atoms. The largest absolute Gasteiger partial charge is 0.273 e. The minimum absolute atomic E-state index is 0.0550. The Kier molecular flexibility index (Phi) is 3.34. The van der Waals surface area contributed by atoms with Crippen molar-refractivity contribution in [2.45, 2.75) is 57.2 Å². The van der Waals surface area contributed by atoms with Crippen LogP contribution >= 0.6 is 11.6 Å². The van der Waals surface area contributed by atoms with Gasteiger partial charge in [0.1, 0.15) is 0 Å². The summed E-state index contributed by atoms with van der Waals surface area (Å²) in [4.78, 5) is 21.3. The number of amides is 1. The van der Waals surface area contributed by atoms with Gasteiger partial charge >= 0.3 is 0 Å². The number of rotatable bonds is 3. The number of hydrogen-bond acceptors (Lipinski definition) is 4. The number of aromatic nitrogens is 2. The van der Waals surface area contributed by atoms with Gasteiger partial charge in [-0.05, 0) is 70.3 Å². The van der Waals surface area contributed by atoms with Crippen molar-refractivity contribution in [3.05, 3.63) is 17.5 Å². The molecule has 5 rings (SSSR count). The van der Waals surface area contributed by atoms with Crippen LogP contribution in [0.3, 0.4) is 0 Å². The second-order valence-electron chi connectivity index (χ2n) is 7.95. The van der Waals surface area contributed by atoms with E-state index in [-0.39, 0.29) is 16.2 Å². The van der Waals surface area contributed by atoms with Crippen molar-refractivity contribution in [2.75, 3.05) is 5.43 Å². The van der Waals surface area contributed by atoms with E-state index < -0.39 is 0 Å². The number of carbonyl (C=O) groups is 1. The predicted octanol–water partition coefficient (Wildman–Crippen LogP) is 3.11. The lowest BCUT2D eigenvalue weighted by molar-refractivity contribution is -0.144. The van der Waals surface area contributed by atoms with Crippen LogP contribution in [-0.4, -0.2) is 20.7 Å². The Hall–Kier alpha value is -1.36. The standard InChI is InChI=1S/C17H23ClN4O/c1-10-3-11(2)20-15(19-10)22-21-14(23)16-5-12-4-13(6-16)8-17(18,7-12)9-16/h3,12-13H,4-9H2,1-2H3,(H,21,23)(H,19,20,22)/t12-,13-,16?,17?/m1/s1. The first-order chi connectivity index (χ1) is 10.9. The maximum Gasteiger partial charge on any atom is 0.244 e. The van der Waals surface area contributed by atoms with Crippen LogP contribution in [0.15, 0.2) is 6.07 Å². The van der Waals surface area contributed by atoms with Gasteiger partial charge in [0.2, 0.25) is 11.9 Å². The quantitative estimate of drug-likeness (QED) is 0.658. The summed E-state index contributed by atoms with van der Waals surface area (Å²) in [5.74, 6) is 1.72. The number of aryl methyl sites for hydroxylation is 2. The summed E-state index contributed by atoms with van der Waals surface area (Å²) in [6, 6.07) is 1.91. The van der Waals surface area contributed by atoms with Gasteiger partial charge in [0.15, 0.2) is 0 Å². The maximum atomic E-state index is 12.9. The van der Waals surface area contributed by atoms with E-state index in [0.29, 0.717) is 17.8 Å². The zero-order valence-corrected chi connectivity index (χ0v) is 14.4. The molecule has 2 N–H and O–H groups in total. The average molecular weight is 335 g/mol.